The summed E-state index contributed by atoms with van der Waals surface area (Å²) in [7, 11) is 2.03. The molecule has 1 aliphatic carbocycles. The first-order valence-corrected chi connectivity index (χ1v) is 7.99. The van der Waals surface area contributed by atoms with E-state index in [0.29, 0.717) is 5.41 Å². The first-order valence-electron chi connectivity index (χ1n) is 7.99. The quantitative estimate of drug-likeness (QED) is 0.846. The molecule has 4 nitrogen and oxygen atoms in total. The molecule has 20 heavy (non-hydrogen) atoms. The van der Waals surface area contributed by atoms with Gasteiger partial charge >= 0.3 is 0 Å². The van der Waals surface area contributed by atoms with Crippen LogP contribution in [0.15, 0.2) is 6.20 Å². The van der Waals surface area contributed by atoms with E-state index in [-0.39, 0.29) is 0 Å². The number of nitrogens with zero attached hydrogens (tertiary/aromatic N) is 3. The van der Waals surface area contributed by atoms with Crippen LogP contribution in [-0.2, 0) is 18.3 Å². The molecule has 1 aromatic heterocycles. The Morgan fingerprint density at radius 2 is 2.10 bits per heavy atom. The van der Waals surface area contributed by atoms with Crippen molar-refractivity contribution in [1.29, 1.82) is 0 Å². The normalized spacial score (nSPS) is 29.6. The summed E-state index contributed by atoms with van der Waals surface area (Å²) < 4.78 is 7.58. The lowest BCUT2D eigenvalue weighted by Crippen LogP contribution is -2.66. The lowest BCUT2D eigenvalue weighted by atomic mass is 9.64. The van der Waals surface area contributed by atoms with Gasteiger partial charge in [-0.1, -0.05) is 0 Å². The molecular formula is C16H25N3O. The van der Waals surface area contributed by atoms with Crippen molar-refractivity contribution in [2.45, 2.75) is 45.2 Å². The minimum absolute atomic E-state index is 0.579. The maximum atomic E-state index is 5.59. The number of aryl methyl sites for hydroxylation is 1. The zero-order valence-electron chi connectivity index (χ0n) is 12.6. The molecule has 0 bridgehead atoms. The largest absolute Gasteiger partial charge is 0.381 e. The third-order valence-corrected chi connectivity index (χ3v) is 5.81. The Balaban J connectivity index is 1.50. The molecule has 1 spiro atoms. The molecule has 4 rings (SSSR count). The van der Waals surface area contributed by atoms with Gasteiger partial charge in [0.05, 0.1) is 6.20 Å². The Morgan fingerprint density at radius 3 is 2.70 bits per heavy atom. The second kappa shape index (κ2) is 4.57. The van der Waals surface area contributed by atoms with Gasteiger partial charge < -0.3 is 4.74 Å². The van der Waals surface area contributed by atoms with Gasteiger partial charge in [0.1, 0.15) is 0 Å². The molecule has 3 aliphatic rings. The van der Waals surface area contributed by atoms with Crippen molar-refractivity contribution in [1.82, 2.24) is 14.7 Å². The van der Waals surface area contributed by atoms with Crippen molar-refractivity contribution in [3.63, 3.8) is 0 Å². The van der Waals surface area contributed by atoms with Gasteiger partial charge in [-0.05, 0) is 38.5 Å². The predicted molar refractivity (Wildman–Crippen MR) is 77.4 cm³/mol. The number of hydrogen-bond donors (Lipinski definition) is 0. The highest BCUT2D eigenvalue weighted by atomic mass is 16.5. The lowest BCUT2D eigenvalue weighted by Gasteiger charge is -2.60. The van der Waals surface area contributed by atoms with Crippen LogP contribution < -0.4 is 0 Å². The van der Waals surface area contributed by atoms with Gasteiger partial charge in [0.25, 0.3) is 0 Å². The van der Waals surface area contributed by atoms with Crippen molar-refractivity contribution < 1.29 is 4.74 Å². The fraction of sp³-hybridized carbons (Fsp3) is 0.812. The summed E-state index contributed by atoms with van der Waals surface area (Å²) in [6.07, 6.45) is 7.48. The minimum atomic E-state index is 0.579. The molecule has 1 atom stereocenters. The number of rotatable bonds is 3. The lowest BCUT2D eigenvalue weighted by molar-refractivity contribution is -0.144. The average Bonchev–Trinajstić information content (AvgIpc) is 3.20. The molecule has 0 aromatic carbocycles. The highest BCUT2D eigenvalue weighted by Crippen LogP contribution is 2.55. The predicted octanol–water partition coefficient (Wildman–Crippen LogP) is 2.12. The van der Waals surface area contributed by atoms with Crippen molar-refractivity contribution in [3.8, 4) is 0 Å². The van der Waals surface area contributed by atoms with E-state index in [4.69, 9.17) is 4.74 Å². The summed E-state index contributed by atoms with van der Waals surface area (Å²) in [5.74, 6) is 0.957. The van der Waals surface area contributed by atoms with Gasteiger partial charge in [-0.3, -0.25) is 9.58 Å². The topological polar surface area (TPSA) is 30.3 Å². The summed E-state index contributed by atoms with van der Waals surface area (Å²) >= 11 is 0. The molecule has 1 aromatic rings. The highest BCUT2D eigenvalue weighted by molar-refractivity contribution is 5.19. The summed E-state index contributed by atoms with van der Waals surface area (Å²) in [6, 6.07) is 0.811. The Hall–Kier alpha value is -0.870. The SMILES string of the molecule is Cc1c(CN2CC3(CCOCC3)C2C2CC2)cnn1C. The molecule has 2 aliphatic heterocycles. The Bertz CT molecular complexity index is 500. The van der Waals surface area contributed by atoms with Crippen molar-refractivity contribution in [3.05, 3.63) is 17.5 Å². The molecule has 4 heteroatoms. The zero-order valence-corrected chi connectivity index (χ0v) is 12.6. The van der Waals surface area contributed by atoms with Crippen molar-refractivity contribution in [2.75, 3.05) is 19.8 Å². The van der Waals surface area contributed by atoms with Gasteiger partial charge in [-0.15, -0.1) is 0 Å². The average molecular weight is 275 g/mol. The van der Waals surface area contributed by atoms with Gasteiger partial charge in [-0.25, -0.2) is 0 Å². The monoisotopic (exact) mass is 275 g/mol. The number of likely N-dealkylation sites (tertiary alicyclic amines) is 1. The number of ether oxygens (including phenoxy) is 1. The molecule has 1 saturated carbocycles. The smallest absolute Gasteiger partial charge is 0.0537 e. The Morgan fingerprint density at radius 1 is 1.35 bits per heavy atom. The highest BCUT2D eigenvalue weighted by Gasteiger charge is 2.57. The van der Waals surface area contributed by atoms with Gasteiger partial charge in [-0.2, -0.15) is 5.10 Å². The van der Waals surface area contributed by atoms with Crippen LogP contribution in [0.25, 0.3) is 0 Å². The van der Waals surface area contributed by atoms with Gasteiger partial charge in [0, 0.05) is 56.1 Å². The standard InChI is InChI=1S/C16H25N3O/c1-12-14(9-17-18(12)2)10-19-11-16(5-7-20-8-6-16)15(19)13-3-4-13/h9,13,15H,3-8,10-11H2,1-2H3. The van der Waals surface area contributed by atoms with Crippen LogP contribution in [0.3, 0.4) is 0 Å². The Kier molecular flexibility index (Phi) is 2.93. The summed E-state index contributed by atoms with van der Waals surface area (Å²) in [5.41, 5.74) is 3.29. The molecule has 1 unspecified atom stereocenters. The van der Waals surface area contributed by atoms with E-state index < -0.39 is 0 Å². The van der Waals surface area contributed by atoms with Crippen LogP contribution in [-0.4, -0.2) is 40.5 Å². The van der Waals surface area contributed by atoms with E-state index in [0.717, 1.165) is 31.7 Å². The summed E-state index contributed by atoms with van der Waals surface area (Å²) in [6.45, 7) is 6.49. The van der Waals surface area contributed by atoms with Crippen LogP contribution in [0.2, 0.25) is 0 Å². The van der Waals surface area contributed by atoms with E-state index >= 15 is 0 Å². The van der Waals surface area contributed by atoms with Crippen molar-refractivity contribution >= 4 is 0 Å². The van der Waals surface area contributed by atoms with Gasteiger partial charge in [0.2, 0.25) is 0 Å². The van der Waals surface area contributed by atoms with Crippen LogP contribution in [0.1, 0.15) is 36.9 Å². The minimum Gasteiger partial charge on any atom is -0.381 e. The van der Waals surface area contributed by atoms with Crippen LogP contribution in [0, 0.1) is 18.3 Å². The summed E-state index contributed by atoms with van der Waals surface area (Å²) in [4.78, 5) is 2.72. The van der Waals surface area contributed by atoms with E-state index in [9.17, 15) is 0 Å². The zero-order chi connectivity index (χ0) is 13.7. The van der Waals surface area contributed by atoms with Crippen LogP contribution in [0.4, 0.5) is 0 Å². The fourth-order valence-electron chi connectivity index (χ4n) is 4.39. The van der Waals surface area contributed by atoms with Crippen LogP contribution in [0.5, 0.6) is 0 Å². The fourth-order valence-corrected chi connectivity index (χ4v) is 4.39. The molecule has 3 heterocycles. The Labute approximate surface area is 121 Å². The molecular weight excluding hydrogens is 250 g/mol. The first-order chi connectivity index (χ1) is 9.70. The molecule has 0 N–H and O–H groups in total. The molecule has 3 fully saturated rings. The van der Waals surface area contributed by atoms with E-state index in [1.807, 2.05) is 17.9 Å². The molecule has 0 radical (unpaired) electrons. The maximum absolute atomic E-state index is 5.59. The van der Waals surface area contributed by atoms with E-state index in [1.54, 1.807) is 0 Å². The first kappa shape index (κ1) is 12.8. The molecule has 2 saturated heterocycles. The second-order valence-corrected chi connectivity index (χ2v) is 7.04. The maximum Gasteiger partial charge on any atom is 0.0537 e. The molecule has 0 amide bonds. The van der Waals surface area contributed by atoms with Gasteiger partial charge in [0.15, 0.2) is 0 Å². The summed E-state index contributed by atoms with van der Waals surface area (Å²) in [5, 5.41) is 4.39. The van der Waals surface area contributed by atoms with Crippen molar-refractivity contribution in [2.24, 2.45) is 18.4 Å². The van der Waals surface area contributed by atoms with E-state index in [1.165, 1.54) is 43.5 Å². The third-order valence-electron chi connectivity index (χ3n) is 5.81. The third kappa shape index (κ3) is 1.92. The number of aromatic nitrogens is 2. The number of hydrogen-bond acceptors (Lipinski definition) is 3. The van der Waals surface area contributed by atoms with Crippen LogP contribution >= 0.6 is 0 Å². The van der Waals surface area contributed by atoms with E-state index in [2.05, 4.69) is 16.9 Å². The second-order valence-electron chi connectivity index (χ2n) is 7.04. The molecule has 110 valence electrons.